The summed E-state index contributed by atoms with van der Waals surface area (Å²) in [5.74, 6) is -1.49. The molecule has 0 spiro atoms. The Labute approximate surface area is 80.8 Å². The Balaban J connectivity index is 2.57. The number of nitrogens with one attached hydrogen (secondary N) is 1. The summed E-state index contributed by atoms with van der Waals surface area (Å²) in [6.07, 6.45) is 0. The van der Waals surface area contributed by atoms with Gasteiger partial charge >= 0.3 is 5.97 Å². The fraction of sp³-hybridized carbons (Fsp3) is 0.200. The van der Waals surface area contributed by atoms with Crippen LogP contribution in [0, 0.1) is 11.3 Å². The Bertz CT molecular complexity index is 434. The fourth-order valence-corrected chi connectivity index (χ4v) is 1.72. The number of anilines is 1. The number of fused-ring (bicyclic) bond motifs is 1. The normalized spacial score (nSPS) is 18.1. The Morgan fingerprint density at radius 3 is 3.07 bits per heavy atom. The van der Waals surface area contributed by atoms with E-state index in [4.69, 9.17) is 10.4 Å². The van der Waals surface area contributed by atoms with Gasteiger partial charge in [-0.1, -0.05) is 6.07 Å². The van der Waals surface area contributed by atoms with Gasteiger partial charge < -0.3 is 10.4 Å². The van der Waals surface area contributed by atoms with Gasteiger partial charge in [0.1, 0.15) is 5.92 Å². The monoisotopic (exact) mass is 188 g/mol. The first-order valence-electron chi connectivity index (χ1n) is 4.23. The van der Waals surface area contributed by atoms with Crippen molar-refractivity contribution in [3.63, 3.8) is 0 Å². The fourth-order valence-electron chi connectivity index (χ4n) is 1.72. The lowest BCUT2D eigenvalue weighted by molar-refractivity contribution is -0.138. The van der Waals surface area contributed by atoms with Crippen LogP contribution in [0.3, 0.4) is 0 Å². The standard InChI is InChI=1S/C10H8N2O2/c11-4-6-2-1-3-8-9(6)7(5-12-8)10(13)14/h1-3,7,12H,5H2,(H,13,14). The molecule has 1 aromatic rings. The molecule has 2 N–H and O–H groups in total. The molecule has 0 aliphatic carbocycles. The molecule has 2 rings (SSSR count). The maximum Gasteiger partial charge on any atom is 0.312 e. The summed E-state index contributed by atoms with van der Waals surface area (Å²) in [7, 11) is 0. The number of nitriles is 1. The minimum atomic E-state index is -0.890. The molecular formula is C10H8N2O2. The van der Waals surface area contributed by atoms with E-state index in [1.54, 1.807) is 18.2 Å². The number of aliphatic carboxylic acids is 1. The zero-order valence-electron chi connectivity index (χ0n) is 7.32. The second-order valence-corrected chi connectivity index (χ2v) is 3.15. The number of hydrogen-bond acceptors (Lipinski definition) is 3. The molecule has 0 aromatic heterocycles. The first kappa shape index (κ1) is 8.57. The number of nitrogens with zero attached hydrogens (tertiary/aromatic N) is 1. The molecule has 70 valence electrons. The van der Waals surface area contributed by atoms with Gasteiger partial charge in [0.25, 0.3) is 0 Å². The molecule has 4 heteroatoms. The highest BCUT2D eigenvalue weighted by Crippen LogP contribution is 2.33. The lowest BCUT2D eigenvalue weighted by Crippen LogP contribution is -2.13. The SMILES string of the molecule is N#Cc1cccc2c1C(C(=O)O)CN2. The quantitative estimate of drug-likeness (QED) is 0.693. The Hall–Kier alpha value is -2.02. The molecule has 1 unspecified atom stereocenters. The van der Waals surface area contributed by atoms with Gasteiger partial charge in [0, 0.05) is 17.8 Å². The molecule has 14 heavy (non-hydrogen) atoms. The summed E-state index contributed by atoms with van der Waals surface area (Å²) in [6, 6.07) is 7.18. The summed E-state index contributed by atoms with van der Waals surface area (Å²) in [4.78, 5) is 10.9. The first-order valence-corrected chi connectivity index (χ1v) is 4.23. The van der Waals surface area contributed by atoms with Crippen LogP contribution in [0.15, 0.2) is 18.2 Å². The van der Waals surface area contributed by atoms with Crippen molar-refractivity contribution in [3.05, 3.63) is 29.3 Å². The van der Waals surface area contributed by atoms with E-state index < -0.39 is 11.9 Å². The number of carbonyl (C=O) groups is 1. The largest absolute Gasteiger partial charge is 0.481 e. The van der Waals surface area contributed by atoms with E-state index in [-0.39, 0.29) is 0 Å². The van der Waals surface area contributed by atoms with Gasteiger partial charge in [-0.2, -0.15) is 5.26 Å². The van der Waals surface area contributed by atoms with Crippen molar-refractivity contribution in [3.8, 4) is 6.07 Å². The summed E-state index contributed by atoms with van der Waals surface area (Å²) >= 11 is 0. The van der Waals surface area contributed by atoms with Crippen LogP contribution in [-0.2, 0) is 4.79 Å². The second-order valence-electron chi connectivity index (χ2n) is 3.15. The molecule has 0 saturated carbocycles. The average Bonchev–Trinajstić information content (AvgIpc) is 2.60. The zero-order chi connectivity index (χ0) is 10.1. The van der Waals surface area contributed by atoms with Crippen LogP contribution in [0.4, 0.5) is 5.69 Å². The molecule has 0 saturated heterocycles. The van der Waals surface area contributed by atoms with E-state index in [1.807, 2.05) is 6.07 Å². The minimum absolute atomic E-state index is 0.364. The minimum Gasteiger partial charge on any atom is -0.481 e. The van der Waals surface area contributed by atoms with Crippen LogP contribution >= 0.6 is 0 Å². The molecule has 4 nitrogen and oxygen atoms in total. The van der Waals surface area contributed by atoms with Crippen LogP contribution in [-0.4, -0.2) is 17.6 Å². The first-order chi connectivity index (χ1) is 6.74. The molecule has 0 amide bonds. The summed E-state index contributed by atoms with van der Waals surface area (Å²) in [5, 5.41) is 20.7. The lowest BCUT2D eigenvalue weighted by Gasteiger charge is -2.04. The predicted octanol–water partition coefficient (Wildman–Crippen LogP) is 1.15. The molecule has 0 radical (unpaired) electrons. The van der Waals surface area contributed by atoms with E-state index in [9.17, 15) is 4.79 Å². The number of hydrogen-bond donors (Lipinski definition) is 2. The topological polar surface area (TPSA) is 73.1 Å². The van der Waals surface area contributed by atoms with Crippen LogP contribution in [0.1, 0.15) is 17.0 Å². The van der Waals surface area contributed by atoms with Gasteiger partial charge in [-0.3, -0.25) is 4.79 Å². The third-order valence-electron chi connectivity index (χ3n) is 2.37. The predicted molar refractivity (Wildman–Crippen MR) is 50.0 cm³/mol. The molecule has 1 heterocycles. The summed E-state index contributed by atoms with van der Waals surface area (Å²) in [6.45, 7) is 0.364. The highest BCUT2D eigenvalue weighted by molar-refractivity contribution is 5.84. The maximum absolute atomic E-state index is 10.9. The van der Waals surface area contributed by atoms with E-state index in [1.165, 1.54) is 0 Å². The van der Waals surface area contributed by atoms with E-state index in [2.05, 4.69) is 5.32 Å². The van der Waals surface area contributed by atoms with E-state index >= 15 is 0 Å². The second kappa shape index (κ2) is 3.04. The Morgan fingerprint density at radius 2 is 2.43 bits per heavy atom. The average molecular weight is 188 g/mol. The third-order valence-corrected chi connectivity index (χ3v) is 2.37. The van der Waals surface area contributed by atoms with E-state index in [0.29, 0.717) is 17.7 Å². The van der Waals surface area contributed by atoms with Gasteiger partial charge in [0.15, 0.2) is 0 Å². The van der Waals surface area contributed by atoms with Gasteiger partial charge in [-0.25, -0.2) is 0 Å². The van der Waals surface area contributed by atoms with Gasteiger partial charge in [-0.15, -0.1) is 0 Å². The smallest absolute Gasteiger partial charge is 0.312 e. The molecule has 1 aromatic carbocycles. The molecule has 0 bridgehead atoms. The van der Waals surface area contributed by atoms with Crippen molar-refractivity contribution >= 4 is 11.7 Å². The maximum atomic E-state index is 10.9. The molecule has 1 atom stereocenters. The summed E-state index contributed by atoms with van der Waals surface area (Å²) in [5.41, 5.74) is 1.82. The summed E-state index contributed by atoms with van der Waals surface area (Å²) < 4.78 is 0. The molecule has 1 aliphatic heterocycles. The Morgan fingerprint density at radius 1 is 1.64 bits per heavy atom. The highest BCUT2D eigenvalue weighted by Gasteiger charge is 2.30. The Kier molecular flexibility index (Phi) is 1.86. The number of carboxylic acids is 1. The molecular weight excluding hydrogens is 180 g/mol. The van der Waals surface area contributed by atoms with Crippen molar-refractivity contribution in [2.75, 3.05) is 11.9 Å². The van der Waals surface area contributed by atoms with Gasteiger partial charge in [0.05, 0.1) is 11.6 Å². The third kappa shape index (κ3) is 1.11. The van der Waals surface area contributed by atoms with Crippen molar-refractivity contribution in [2.24, 2.45) is 0 Å². The molecule has 1 aliphatic rings. The van der Waals surface area contributed by atoms with Crippen LogP contribution < -0.4 is 5.32 Å². The lowest BCUT2D eigenvalue weighted by atomic mass is 9.97. The number of carboxylic acid groups (broad SMARTS) is 1. The highest BCUT2D eigenvalue weighted by atomic mass is 16.4. The van der Waals surface area contributed by atoms with Crippen LogP contribution in [0.5, 0.6) is 0 Å². The zero-order valence-corrected chi connectivity index (χ0v) is 7.32. The van der Waals surface area contributed by atoms with Gasteiger partial charge in [-0.05, 0) is 12.1 Å². The van der Waals surface area contributed by atoms with Crippen molar-refractivity contribution < 1.29 is 9.90 Å². The van der Waals surface area contributed by atoms with E-state index in [0.717, 1.165) is 5.69 Å². The van der Waals surface area contributed by atoms with Gasteiger partial charge in [0.2, 0.25) is 0 Å². The van der Waals surface area contributed by atoms with Crippen molar-refractivity contribution in [2.45, 2.75) is 5.92 Å². The van der Waals surface area contributed by atoms with Crippen molar-refractivity contribution in [1.29, 1.82) is 5.26 Å². The number of rotatable bonds is 1. The van der Waals surface area contributed by atoms with Crippen molar-refractivity contribution in [1.82, 2.24) is 0 Å². The molecule has 0 fully saturated rings. The number of benzene rings is 1. The van der Waals surface area contributed by atoms with Crippen LogP contribution in [0.2, 0.25) is 0 Å². The van der Waals surface area contributed by atoms with Crippen LogP contribution in [0.25, 0.3) is 0 Å².